The van der Waals surface area contributed by atoms with Gasteiger partial charge in [0.1, 0.15) is 0 Å². The third-order valence-corrected chi connectivity index (χ3v) is 2.66. The minimum Gasteiger partial charge on any atom is -0.322 e. The number of thioether (sulfide) groups is 1. The lowest BCUT2D eigenvalue weighted by Gasteiger charge is -2.26. The summed E-state index contributed by atoms with van der Waals surface area (Å²) in [6.07, 6.45) is 4.14. The first-order valence-corrected chi connectivity index (χ1v) is 4.11. The van der Waals surface area contributed by atoms with Gasteiger partial charge in [-0.1, -0.05) is 0 Å². The fraction of sp³-hybridized carbons (Fsp3) is 0.800. The molecule has 49 valence electrons. The van der Waals surface area contributed by atoms with Gasteiger partial charge in [0.2, 0.25) is 0 Å². The highest BCUT2D eigenvalue weighted by molar-refractivity contribution is 7.99. The van der Waals surface area contributed by atoms with Gasteiger partial charge in [-0.15, -0.1) is 11.8 Å². The van der Waals surface area contributed by atoms with Crippen LogP contribution in [0.1, 0.15) is 6.42 Å². The number of nitrogens with zero attached hydrogens (tertiary/aromatic N) is 2. The fourth-order valence-electron chi connectivity index (χ4n) is 0.995. The van der Waals surface area contributed by atoms with Crippen molar-refractivity contribution < 1.29 is 0 Å². The minimum atomic E-state index is 0.388. The number of hydrazone groups is 1. The average molecular weight is 142 g/mol. The molecular weight excluding hydrogens is 134 g/mol. The van der Waals surface area contributed by atoms with Gasteiger partial charge in [0, 0.05) is 6.54 Å². The van der Waals surface area contributed by atoms with Crippen LogP contribution >= 0.6 is 11.8 Å². The highest BCUT2D eigenvalue weighted by Crippen LogP contribution is 2.21. The molecule has 2 aliphatic rings. The largest absolute Gasteiger partial charge is 0.322 e. The van der Waals surface area contributed by atoms with Crippen LogP contribution in [-0.2, 0) is 0 Å². The zero-order valence-electron chi connectivity index (χ0n) is 5.00. The summed E-state index contributed by atoms with van der Waals surface area (Å²) in [6.45, 7) is 1.11. The Hall–Kier alpha value is -0.380. The first-order chi connectivity index (χ1) is 4.47. The van der Waals surface area contributed by atoms with Crippen molar-refractivity contribution in [2.75, 3.05) is 12.3 Å². The Morgan fingerprint density at radius 1 is 1.78 bits per heavy atom. The lowest BCUT2D eigenvalue weighted by molar-refractivity contribution is 0.387. The van der Waals surface area contributed by atoms with Gasteiger partial charge in [-0.05, 0) is 12.2 Å². The smallest absolute Gasteiger partial charge is 0.195 e. The van der Waals surface area contributed by atoms with Crippen molar-refractivity contribution in [3.05, 3.63) is 0 Å². The zero-order valence-corrected chi connectivity index (χ0v) is 5.82. The van der Waals surface area contributed by atoms with E-state index in [1.54, 1.807) is 0 Å². The van der Waals surface area contributed by atoms with Crippen LogP contribution in [-0.4, -0.2) is 29.0 Å². The van der Waals surface area contributed by atoms with E-state index in [1.807, 2.05) is 11.8 Å². The lowest BCUT2D eigenvalue weighted by atomic mass is 10.4. The first-order valence-electron chi connectivity index (χ1n) is 3.06. The molecule has 1 radical (unpaired) electrons. The van der Waals surface area contributed by atoms with Crippen molar-refractivity contribution in [2.45, 2.75) is 11.9 Å². The molecule has 0 amide bonds. The van der Waals surface area contributed by atoms with Crippen LogP contribution in [0.5, 0.6) is 0 Å². The predicted molar refractivity (Wildman–Crippen MR) is 38.1 cm³/mol. The number of fused-ring (bicyclic) bond motifs is 1. The normalized spacial score (nSPS) is 32.0. The van der Waals surface area contributed by atoms with Gasteiger partial charge in [-0.25, -0.2) is 0 Å². The Morgan fingerprint density at radius 3 is 3.67 bits per heavy atom. The Kier molecular flexibility index (Phi) is 1.26. The van der Waals surface area contributed by atoms with E-state index in [-0.39, 0.29) is 0 Å². The molecule has 1 unspecified atom stereocenters. The number of hydrogen-bond donors (Lipinski definition) is 1. The van der Waals surface area contributed by atoms with Crippen molar-refractivity contribution in [1.82, 2.24) is 10.3 Å². The summed E-state index contributed by atoms with van der Waals surface area (Å²) in [5.74, 6) is 1.24. The second-order valence-electron chi connectivity index (χ2n) is 2.11. The van der Waals surface area contributed by atoms with Crippen LogP contribution in [0.15, 0.2) is 5.10 Å². The molecule has 0 spiro atoms. The van der Waals surface area contributed by atoms with E-state index in [0.717, 1.165) is 6.54 Å². The van der Waals surface area contributed by atoms with Crippen molar-refractivity contribution in [3.8, 4) is 0 Å². The molecule has 0 aliphatic carbocycles. The van der Waals surface area contributed by atoms with Crippen molar-refractivity contribution in [1.29, 1.82) is 0 Å². The minimum absolute atomic E-state index is 0.388. The van der Waals surface area contributed by atoms with Crippen LogP contribution in [0, 0.1) is 0 Å². The summed E-state index contributed by atoms with van der Waals surface area (Å²) in [4.78, 5) is 2.11. The molecule has 0 aromatic heterocycles. The second kappa shape index (κ2) is 2.10. The van der Waals surface area contributed by atoms with Crippen molar-refractivity contribution in [2.24, 2.45) is 5.10 Å². The highest BCUT2D eigenvalue weighted by Gasteiger charge is 2.23. The molecule has 1 atom stereocenters. The first kappa shape index (κ1) is 5.41. The fourth-order valence-corrected chi connectivity index (χ4v) is 1.97. The van der Waals surface area contributed by atoms with Gasteiger partial charge in [0.25, 0.3) is 0 Å². The summed E-state index contributed by atoms with van der Waals surface area (Å²) in [5.41, 5.74) is 3.35. The standard InChI is InChI=1S/C5H8N3S/c1-2-8-4-6-7-5(8)9-3-1/h5,7H,1-3H2. The predicted octanol–water partition coefficient (Wildman–Crippen LogP) is 0.132. The van der Waals surface area contributed by atoms with E-state index in [4.69, 9.17) is 0 Å². The Bertz CT molecular complexity index is 136. The topological polar surface area (TPSA) is 27.6 Å². The highest BCUT2D eigenvalue weighted by atomic mass is 32.2. The van der Waals surface area contributed by atoms with Gasteiger partial charge in [0.15, 0.2) is 11.8 Å². The molecule has 9 heavy (non-hydrogen) atoms. The van der Waals surface area contributed by atoms with Crippen LogP contribution in [0.2, 0.25) is 0 Å². The van der Waals surface area contributed by atoms with Crippen LogP contribution in [0.25, 0.3) is 0 Å². The maximum Gasteiger partial charge on any atom is 0.195 e. The second-order valence-corrected chi connectivity index (χ2v) is 3.30. The molecule has 0 bridgehead atoms. The number of nitrogens with one attached hydrogen (secondary N) is 1. The van der Waals surface area contributed by atoms with Gasteiger partial charge in [-0.3, -0.25) is 5.43 Å². The SMILES string of the molecule is [C]1=NNC2SCCCN12. The Morgan fingerprint density at radius 2 is 2.78 bits per heavy atom. The van der Waals surface area contributed by atoms with Crippen LogP contribution < -0.4 is 5.43 Å². The van der Waals surface area contributed by atoms with Crippen LogP contribution in [0.3, 0.4) is 0 Å². The molecule has 0 saturated carbocycles. The molecule has 0 aromatic rings. The molecule has 2 heterocycles. The molecule has 3 nitrogen and oxygen atoms in total. The number of rotatable bonds is 0. The third-order valence-electron chi connectivity index (χ3n) is 1.46. The van der Waals surface area contributed by atoms with E-state index < -0.39 is 0 Å². The van der Waals surface area contributed by atoms with Gasteiger partial charge >= 0.3 is 0 Å². The molecule has 1 fully saturated rings. The molecule has 1 N–H and O–H groups in total. The zero-order chi connectivity index (χ0) is 6.10. The maximum atomic E-state index is 3.83. The van der Waals surface area contributed by atoms with Gasteiger partial charge in [-0.2, -0.15) is 5.10 Å². The number of hydrogen-bond acceptors (Lipinski definition) is 4. The summed E-state index contributed by atoms with van der Waals surface area (Å²) in [6, 6.07) is 0. The van der Waals surface area contributed by atoms with Gasteiger partial charge in [0.05, 0.1) is 0 Å². The third kappa shape index (κ3) is 0.871. The van der Waals surface area contributed by atoms with E-state index in [9.17, 15) is 0 Å². The lowest BCUT2D eigenvalue weighted by Crippen LogP contribution is -2.38. The van der Waals surface area contributed by atoms with Crippen molar-refractivity contribution >= 4 is 18.1 Å². The quantitative estimate of drug-likeness (QED) is 0.521. The molecular formula is C5H8N3S. The monoisotopic (exact) mass is 142 g/mol. The molecule has 0 aromatic carbocycles. The van der Waals surface area contributed by atoms with E-state index >= 15 is 0 Å². The maximum absolute atomic E-state index is 3.83. The van der Waals surface area contributed by atoms with E-state index in [2.05, 4.69) is 21.8 Å². The summed E-state index contributed by atoms with van der Waals surface area (Å²) in [5, 5.41) is 3.83. The Labute approximate surface area is 58.5 Å². The summed E-state index contributed by atoms with van der Waals surface area (Å²) >= 11 is 1.89. The Balaban J connectivity index is 2.03. The molecule has 1 saturated heterocycles. The summed E-state index contributed by atoms with van der Waals surface area (Å²) in [7, 11) is 0. The van der Waals surface area contributed by atoms with E-state index in [0.29, 0.717) is 5.50 Å². The molecule has 2 rings (SSSR count). The molecule has 4 heteroatoms. The van der Waals surface area contributed by atoms with E-state index in [1.165, 1.54) is 12.2 Å². The average Bonchev–Trinajstić information content (AvgIpc) is 2.33. The summed E-state index contributed by atoms with van der Waals surface area (Å²) < 4.78 is 0. The van der Waals surface area contributed by atoms with Crippen molar-refractivity contribution in [3.63, 3.8) is 0 Å². The molecule has 2 aliphatic heterocycles. The van der Waals surface area contributed by atoms with Crippen LogP contribution in [0.4, 0.5) is 0 Å². The van der Waals surface area contributed by atoms with Gasteiger partial charge < -0.3 is 4.90 Å².